The van der Waals surface area contributed by atoms with Gasteiger partial charge in [-0.3, -0.25) is 0 Å². The molecule has 2 heterocycles. The SMILES string of the molecule is COc1ccc(-c2noc(C3CCN(S(N)(=O)=O)CC3)n2)cc1. The van der Waals surface area contributed by atoms with E-state index < -0.39 is 10.2 Å². The topological polar surface area (TPSA) is 112 Å². The van der Waals surface area contributed by atoms with Crippen molar-refractivity contribution in [3.8, 4) is 17.1 Å². The molecular weight excluding hydrogens is 320 g/mol. The van der Waals surface area contributed by atoms with Crippen LogP contribution in [0.25, 0.3) is 11.4 Å². The second kappa shape index (κ2) is 6.26. The van der Waals surface area contributed by atoms with Crippen LogP contribution < -0.4 is 9.88 Å². The van der Waals surface area contributed by atoms with E-state index in [1.54, 1.807) is 7.11 Å². The fourth-order valence-electron chi connectivity index (χ4n) is 2.62. The normalized spacial score (nSPS) is 17.3. The van der Waals surface area contributed by atoms with Gasteiger partial charge in [0.2, 0.25) is 11.7 Å². The highest BCUT2D eigenvalue weighted by Crippen LogP contribution is 2.29. The van der Waals surface area contributed by atoms with E-state index in [0.29, 0.717) is 37.6 Å². The molecule has 1 saturated heterocycles. The number of ether oxygens (including phenoxy) is 1. The molecule has 1 aromatic carbocycles. The summed E-state index contributed by atoms with van der Waals surface area (Å²) in [7, 11) is -2.01. The van der Waals surface area contributed by atoms with E-state index >= 15 is 0 Å². The van der Waals surface area contributed by atoms with Crippen LogP contribution in [0.1, 0.15) is 24.7 Å². The molecular formula is C14H18N4O4S. The van der Waals surface area contributed by atoms with Gasteiger partial charge in [0, 0.05) is 24.6 Å². The zero-order valence-corrected chi connectivity index (χ0v) is 13.5. The summed E-state index contributed by atoms with van der Waals surface area (Å²) >= 11 is 0. The van der Waals surface area contributed by atoms with Crippen LogP contribution in [0, 0.1) is 0 Å². The molecule has 0 aliphatic carbocycles. The van der Waals surface area contributed by atoms with Crippen molar-refractivity contribution in [2.45, 2.75) is 18.8 Å². The molecule has 0 radical (unpaired) electrons. The predicted molar refractivity (Wildman–Crippen MR) is 82.9 cm³/mol. The molecule has 0 spiro atoms. The Balaban J connectivity index is 1.70. The maximum Gasteiger partial charge on any atom is 0.276 e. The minimum atomic E-state index is -3.62. The second-order valence-corrected chi connectivity index (χ2v) is 6.95. The summed E-state index contributed by atoms with van der Waals surface area (Å²) in [5, 5.41) is 9.14. The lowest BCUT2D eigenvalue weighted by Gasteiger charge is -2.27. The zero-order chi connectivity index (χ0) is 16.4. The van der Waals surface area contributed by atoms with Gasteiger partial charge >= 0.3 is 0 Å². The maximum atomic E-state index is 11.3. The Hall–Kier alpha value is -1.97. The first-order chi connectivity index (χ1) is 11.0. The number of methoxy groups -OCH3 is 1. The van der Waals surface area contributed by atoms with Crippen LogP contribution in [-0.4, -0.2) is 43.1 Å². The molecule has 0 bridgehead atoms. The van der Waals surface area contributed by atoms with Crippen LogP contribution in [0.15, 0.2) is 28.8 Å². The molecule has 1 fully saturated rings. The summed E-state index contributed by atoms with van der Waals surface area (Å²) in [6.45, 7) is 0.730. The van der Waals surface area contributed by atoms with Crippen molar-refractivity contribution in [3.05, 3.63) is 30.2 Å². The number of hydrogen-bond acceptors (Lipinski definition) is 6. The highest BCUT2D eigenvalue weighted by molar-refractivity contribution is 7.86. The standard InChI is InChI=1S/C14H18N4O4S/c1-21-12-4-2-10(3-5-12)13-16-14(22-17-13)11-6-8-18(9-7-11)23(15,19)20/h2-5,11H,6-9H2,1H3,(H2,15,19,20). The first kappa shape index (κ1) is 15.9. The summed E-state index contributed by atoms with van der Waals surface area (Å²) in [6, 6.07) is 7.38. The minimum Gasteiger partial charge on any atom is -0.497 e. The van der Waals surface area contributed by atoms with Crippen molar-refractivity contribution in [2.24, 2.45) is 5.14 Å². The summed E-state index contributed by atoms with van der Waals surface area (Å²) < 4.78 is 34.4. The highest BCUT2D eigenvalue weighted by Gasteiger charge is 2.29. The van der Waals surface area contributed by atoms with Crippen molar-refractivity contribution in [1.29, 1.82) is 0 Å². The Morgan fingerprint density at radius 1 is 1.26 bits per heavy atom. The van der Waals surface area contributed by atoms with Crippen LogP contribution in [0.4, 0.5) is 0 Å². The average molecular weight is 338 g/mol. The van der Waals surface area contributed by atoms with E-state index in [1.807, 2.05) is 24.3 Å². The lowest BCUT2D eigenvalue weighted by atomic mass is 9.98. The number of rotatable bonds is 4. The first-order valence-corrected chi connectivity index (χ1v) is 8.73. The minimum absolute atomic E-state index is 0.0486. The summed E-state index contributed by atoms with van der Waals surface area (Å²) in [4.78, 5) is 4.43. The van der Waals surface area contributed by atoms with E-state index in [-0.39, 0.29) is 5.92 Å². The molecule has 3 rings (SSSR count). The third-order valence-corrected chi connectivity index (χ3v) is 5.04. The quantitative estimate of drug-likeness (QED) is 0.894. The molecule has 8 nitrogen and oxygen atoms in total. The van der Waals surface area contributed by atoms with Crippen LogP contribution in [0.2, 0.25) is 0 Å². The number of hydrogen-bond donors (Lipinski definition) is 1. The van der Waals surface area contributed by atoms with E-state index in [9.17, 15) is 8.42 Å². The van der Waals surface area contributed by atoms with Crippen molar-refractivity contribution in [1.82, 2.24) is 14.4 Å². The molecule has 0 saturated carbocycles. The molecule has 2 aromatic rings. The van der Waals surface area contributed by atoms with Crippen molar-refractivity contribution >= 4 is 10.2 Å². The van der Waals surface area contributed by atoms with Gasteiger partial charge in [0.05, 0.1) is 7.11 Å². The first-order valence-electron chi connectivity index (χ1n) is 7.23. The monoisotopic (exact) mass is 338 g/mol. The average Bonchev–Trinajstić information content (AvgIpc) is 3.04. The Kier molecular flexibility index (Phi) is 4.33. The number of aromatic nitrogens is 2. The van der Waals surface area contributed by atoms with Gasteiger partial charge in [-0.15, -0.1) is 0 Å². The van der Waals surface area contributed by atoms with Crippen molar-refractivity contribution < 1.29 is 17.7 Å². The molecule has 2 N–H and O–H groups in total. The lowest BCUT2D eigenvalue weighted by molar-refractivity contribution is 0.271. The van der Waals surface area contributed by atoms with Crippen molar-refractivity contribution in [2.75, 3.05) is 20.2 Å². The van der Waals surface area contributed by atoms with Gasteiger partial charge in [-0.1, -0.05) is 5.16 Å². The highest BCUT2D eigenvalue weighted by atomic mass is 32.2. The molecule has 0 atom stereocenters. The molecule has 1 aliphatic rings. The number of piperidine rings is 1. The molecule has 0 amide bonds. The fraction of sp³-hybridized carbons (Fsp3) is 0.429. The van der Waals surface area contributed by atoms with Gasteiger partial charge < -0.3 is 9.26 Å². The molecule has 1 aliphatic heterocycles. The van der Waals surface area contributed by atoms with E-state index in [2.05, 4.69) is 10.1 Å². The largest absolute Gasteiger partial charge is 0.497 e. The number of nitrogens with zero attached hydrogens (tertiary/aromatic N) is 3. The van der Waals surface area contributed by atoms with E-state index in [1.165, 1.54) is 4.31 Å². The molecule has 9 heteroatoms. The molecule has 0 unspecified atom stereocenters. The van der Waals surface area contributed by atoms with Gasteiger partial charge in [-0.25, -0.2) is 5.14 Å². The Morgan fingerprint density at radius 3 is 2.48 bits per heavy atom. The van der Waals surface area contributed by atoms with Crippen LogP contribution in [0.3, 0.4) is 0 Å². The van der Waals surface area contributed by atoms with E-state index in [0.717, 1.165) is 11.3 Å². The Morgan fingerprint density at radius 2 is 1.91 bits per heavy atom. The fourth-order valence-corrected chi connectivity index (χ4v) is 3.34. The second-order valence-electron chi connectivity index (χ2n) is 5.40. The zero-order valence-electron chi connectivity index (χ0n) is 12.7. The van der Waals surface area contributed by atoms with Crippen LogP contribution in [-0.2, 0) is 10.2 Å². The van der Waals surface area contributed by atoms with Crippen LogP contribution in [0.5, 0.6) is 5.75 Å². The number of benzene rings is 1. The van der Waals surface area contributed by atoms with Gasteiger partial charge in [-0.2, -0.15) is 17.7 Å². The predicted octanol–water partition coefficient (Wildman–Crippen LogP) is 1.13. The number of nitrogens with two attached hydrogens (primary N) is 1. The van der Waals surface area contributed by atoms with Gasteiger partial charge in [0.1, 0.15) is 5.75 Å². The smallest absolute Gasteiger partial charge is 0.276 e. The van der Waals surface area contributed by atoms with Gasteiger partial charge in [0.25, 0.3) is 10.2 Å². The van der Waals surface area contributed by atoms with E-state index in [4.69, 9.17) is 14.4 Å². The summed E-state index contributed by atoms with van der Waals surface area (Å²) in [5.41, 5.74) is 0.836. The Labute approximate surface area is 134 Å². The van der Waals surface area contributed by atoms with Crippen LogP contribution >= 0.6 is 0 Å². The lowest BCUT2D eigenvalue weighted by Crippen LogP contribution is -2.41. The summed E-state index contributed by atoms with van der Waals surface area (Å²) in [6.07, 6.45) is 1.22. The molecule has 124 valence electrons. The third-order valence-electron chi connectivity index (χ3n) is 3.95. The third kappa shape index (κ3) is 3.52. The molecule has 1 aromatic heterocycles. The van der Waals surface area contributed by atoms with Crippen molar-refractivity contribution in [3.63, 3.8) is 0 Å². The van der Waals surface area contributed by atoms with Gasteiger partial charge in [-0.05, 0) is 37.1 Å². The van der Waals surface area contributed by atoms with Gasteiger partial charge in [0.15, 0.2) is 0 Å². The Bertz CT molecular complexity index is 764. The maximum absolute atomic E-state index is 11.3. The summed E-state index contributed by atoms with van der Waals surface area (Å²) in [5.74, 6) is 1.85. The molecule has 23 heavy (non-hydrogen) atoms.